The van der Waals surface area contributed by atoms with E-state index < -0.39 is 0 Å². The molecule has 2 rings (SSSR count). The van der Waals surface area contributed by atoms with Gasteiger partial charge in [-0.3, -0.25) is 4.79 Å². The molecule has 82 valence electrons. The average molecular weight is 306 g/mol. The molecular formula is C10H12BrNOS2. The van der Waals surface area contributed by atoms with E-state index in [4.69, 9.17) is 0 Å². The van der Waals surface area contributed by atoms with Crippen LogP contribution in [0.25, 0.3) is 0 Å². The van der Waals surface area contributed by atoms with Gasteiger partial charge in [-0.2, -0.15) is 11.8 Å². The highest BCUT2D eigenvalue weighted by molar-refractivity contribution is 9.11. The molecule has 0 unspecified atom stereocenters. The smallest absolute Gasteiger partial charge is 0.261 e. The average Bonchev–Trinajstić information content (AvgIpc) is 2.66. The van der Waals surface area contributed by atoms with E-state index in [1.165, 1.54) is 22.8 Å². The molecule has 1 amide bonds. The van der Waals surface area contributed by atoms with Crippen LogP contribution < -0.4 is 5.32 Å². The predicted molar refractivity (Wildman–Crippen MR) is 69.8 cm³/mol. The van der Waals surface area contributed by atoms with Gasteiger partial charge in [0.05, 0.1) is 8.66 Å². The van der Waals surface area contributed by atoms with Gasteiger partial charge in [0.1, 0.15) is 0 Å². The van der Waals surface area contributed by atoms with Crippen LogP contribution in [0.15, 0.2) is 15.9 Å². The quantitative estimate of drug-likeness (QED) is 0.909. The molecule has 1 aliphatic rings. The number of rotatable bonds is 2. The summed E-state index contributed by atoms with van der Waals surface area (Å²) in [4.78, 5) is 12.6. The van der Waals surface area contributed by atoms with Gasteiger partial charge in [-0.25, -0.2) is 0 Å². The second-order valence-corrected chi connectivity index (χ2v) is 7.15. The summed E-state index contributed by atoms with van der Waals surface area (Å²) in [5.41, 5.74) is 0. The van der Waals surface area contributed by atoms with E-state index in [1.54, 1.807) is 0 Å². The van der Waals surface area contributed by atoms with Gasteiger partial charge in [-0.15, -0.1) is 11.3 Å². The van der Waals surface area contributed by atoms with E-state index in [9.17, 15) is 4.79 Å². The summed E-state index contributed by atoms with van der Waals surface area (Å²) in [5, 5.41) is 3.09. The maximum absolute atomic E-state index is 11.8. The van der Waals surface area contributed by atoms with Gasteiger partial charge in [0.15, 0.2) is 0 Å². The number of hydrogen-bond donors (Lipinski definition) is 1. The van der Waals surface area contributed by atoms with Crippen LogP contribution in [0.1, 0.15) is 22.5 Å². The van der Waals surface area contributed by atoms with Crippen molar-refractivity contribution >= 4 is 44.9 Å². The first-order valence-electron chi connectivity index (χ1n) is 4.89. The number of carbonyl (C=O) groups is 1. The fourth-order valence-electron chi connectivity index (χ4n) is 1.53. The SMILES string of the molecule is O=C(NC1CCSCC1)c1ccc(Br)s1. The summed E-state index contributed by atoms with van der Waals surface area (Å²) < 4.78 is 1.01. The molecule has 0 saturated carbocycles. The summed E-state index contributed by atoms with van der Waals surface area (Å²) in [6, 6.07) is 4.15. The van der Waals surface area contributed by atoms with Crippen molar-refractivity contribution in [2.24, 2.45) is 0 Å². The molecule has 0 aromatic carbocycles. The Morgan fingerprint density at radius 3 is 2.73 bits per heavy atom. The molecule has 0 atom stereocenters. The molecule has 1 N–H and O–H groups in total. The Hall–Kier alpha value is -0.0000000000000000833. The van der Waals surface area contributed by atoms with Crippen molar-refractivity contribution < 1.29 is 4.79 Å². The van der Waals surface area contributed by atoms with Crippen LogP contribution in [-0.4, -0.2) is 23.5 Å². The van der Waals surface area contributed by atoms with Crippen LogP contribution in [-0.2, 0) is 0 Å². The minimum Gasteiger partial charge on any atom is -0.349 e. The number of amides is 1. The fourth-order valence-corrected chi connectivity index (χ4v) is 3.93. The van der Waals surface area contributed by atoms with Crippen LogP contribution in [0.5, 0.6) is 0 Å². The van der Waals surface area contributed by atoms with Gasteiger partial charge in [0.2, 0.25) is 0 Å². The molecule has 0 bridgehead atoms. The zero-order chi connectivity index (χ0) is 10.7. The van der Waals surface area contributed by atoms with Crippen molar-refractivity contribution in [3.8, 4) is 0 Å². The summed E-state index contributed by atoms with van der Waals surface area (Å²) in [5.74, 6) is 2.40. The molecule has 1 aliphatic heterocycles. The molecule has 1 aromatic rings. The number of carbonyl (C=O) groups excluding carboxylic acids is 1. The first-order valence-corrected chi connectivity index (χ1v) is 7.66. The van der Waals surface area contributed by atoms with Crippen molar-refractivity contribution in [2.75, 3.05) is 11.5 Å². The minimum absolute atomic E-state index is 0.0719. The molecule has 0 radical (unpaired) electrons. The molecule has 0 aliphatic carbocycles. The normalized spacial score (nSPS) is 17.7. The van der Waals surface area contributed by atoms with Crippen molar-refractivity contribution in [1.29, 1.82) is 0 Å². The third kappa shape index (κ3) is 3.23. The topological polar surface area (TPSA) is 29.1 Å². The Morgan fingerprint density at radius 1 is 1.40 bits per heavy atom. The molecule has 15 heavy (non-hydrogen) atoms. The first-order chi connectivity index (χ1) is 7.25. The summed E-state index contributed by atoms with van der Waals surface area (Å²) in [6.07, 6.45) is 2.20. The molecular weight excluding hydrogens is 294 g/mol. The first kappa shape index (κ1) is 11.5. The van der Waals surface area contributed by atoms with Gasteiger partial charge in [0.25, 0.3) is 5.91 Å². The number of thiophene rings is 1. The van der Waals surface area contributed by atoms with Crippen molar-refractivity contribution in [2.45, 2.75) is 18.9 Å². The standard InChI is InChI=1S/C10H12BrNOS2/c11-9-2-1-8(15-9)10(13)12-7-3-5-14-6-4-7/h1-2,7H,3-6H2,(H,12,13). The van der Waals surface area contributed by atoms with E-state index in [-0.39, 0.29) is 5.91 Å². The largest absolute Gasteiger partial charge is 0.349 e. The third-order valence-corrected chi connectivity index (χ3v) is 5.02. The molecule has 2 nitrogen and oxygen atoms in total. The fraction of sp³-hybridized carbons (Fsp3) is 0.500. The lowest BCUT2D eigenvalue weighted by Gasteiger charge is -2.22. The summed E-state index contributed by atoms with van der Waals surface area (Å²) in [6.45, 7) is 0. The highest BCUT2D eigenvalue weighted by Gasteiger charge is 2.17. The van der Waals surface area contributed by atoms with Crippen LogP contribution in [0.2, 0.25) is 0 Å². The zero-order valence-corrected chi connectivity index (χ0v) is 11.4. The Kier molecular flexibility index (Phi) is 4.11. The van der Waals surface area contributed by atoms with Crippen molar-refractivity contribution in [1.82, 2.24) is 5.32 Å². The highest BCUT2D eigenvalue weighted by atomic mass is 79.9. The highest BCUT2D eigenvalue weighted by Crippen LogP contribution is 2.23. The number of nitrogens with one attached hydrogen (secondary N) is 1. The van der Waals surface area contributed by atoms with Gasteiger partial charge in [-0.1, -0.05) is 0 Å². The number of halogens is 1. The Bertz CT molecular complexity index is 347. The Labute approximate surface area is 106 Å². The van der Waals surface area contributed by atoms with Crippen LogP contribution in [0.3, 0.4) is 0 Å². The van der Waals surface area contributed by atoms with E-state index in [0.717, 1.165) is 21.5 Å². The van der Waals surface area contributed by atoms with E-state index in [2.05, 4.69) is 21.2 Å². The molecule has 1 saturated heterocycles. The minimum atomic E-state index is 0.0719. The molecule has 0 spiro atoms. The lowest BCUT2D eigenvalue weighted by atomic mass is 10.1. The van der Waals surface area contributed by atoms with E-state index >= 15 is 0 Å². The lowest BCUT2D eigenvalue weighted by molar-refractivity contribution is 0.0939. The molecule has 1 aromatic heterocycles. The van der Waals surface area contributed by atoms with Gasteiger partial charge < -0.3 is 5.32 Å². The summed E-state index contributed by atoms with van der Waals surface area (Å²) >= 11 is 6.81. The van der Waals surface area contributed by atoms with Crippen LogP contribution >= 0.6 is 39.0 Å². The Balaban J connectivity index is 1.91. The molecule has 2 heterocycles. The molecule has 1 fully saturated rings. The second kappa shape index (κ2) is 5.37. The maximum atomic E-state index is 11.8. The van der Waals surface area contributed by atoms with Gasteiger partial charge in [-0.05, 0) is 52.4 Å². The van der Waals surface area contributed by atoms with Crippen LogP contribution in [0.4, 0.5) is 0 Å². The van der Waals surface area contributed by atoms with Crippen LogP contribution in [0, 0.1) is 0 Å². The summed E-state index contributed by atoms with van der Waals surface area (Å²) in [7, 11) is 0. The zero-order valence-electron chi connectivity index (χ0n) is 8.16. The van der Waals surface area contributed by atoms with Crippen molar-refractivity contribution in [3.63, 3.8) is 0 Å². The number of thioether (sulfide) groups is 1. The van der Waals surface area contributed by atoms with E-state index in [1.807, 2.05) is 23.9 Å². The van der Waals surface area contributed by atoms with Gasteiger partial charge in [0, 0.05) is 6.04 Å². The lowest BCUT2D eigenvalue weighted by Crippen LogP contribution is -2.36. The van der Waals surface area contributed by atoms with Gasteiger partial charge >= 0.3 is 0 Å². The predicted octanol–water partition coefficient (Wildman–Crippen LogP) is 3.14. The van der Waals surface area contributed by atoms with E-state index in [0.29, 0.717) is 6.04 Å². The second-order valence-electron chi connectivity index (χ2n) is 3.46. The Morgan fingerprint density at radius 2 is 2.13 bits per heavy atom. The third-order valence-electron chi connectivity index (χ3n) is 2.35. The monoisotopic (exact) mass is 305 g/mol. The number of hydrogen-bond acceptors (Lipinski definition) is 3. The van der Waals surface area contributed by atoms with Crippen molar-refractivity contribution in [3.05, 3.63) is 20.8 Å². The maximum Gasteiger partial charge on any atom is 0.261 e. The molecule has 5 heteroatoms.